The number of nitrogens with one attached hydrogen (secondary N) is 2. The zero-order valence-corrected chi connectivity index (χ0v) is 14.8. The molecular weight excluding hydrogens is 332 g/mol. The van der Waals surface area contributed by atoms with Crippen molar-refractivity contribution in [1.29, 1.82) is 0 Å². The van der Waals surface area contributed by atoms with E-state index in [-0.39, 0.29) is 29.5 Å². The van der Waals surface area contributed by atoms with Crippen LogP contribution in [0, 0.1) is 11.8 Å². The summed E-state index contributed by atoms with van der Waals surface area (Å²) >= 11 is 0. The van der Waals surface area contributed by atoms with Gasteiger partial charge in [0.15, 0.2) is 5.76 Å². The standard InChI is InChI=1S/C20H22N2O4/c1-11(12-6-4-3-5-7-12)18-13(8-16(26-18)20(24)21-2)19(23)22-17-14-9-25-10-15(14)17/h3-8,11,14-15,17H,9-10H2,1-2H3,(H,21,24)(H,22,23)/t11?,14-,15+,17+. The zero-order chi connectivity index (χ0) is 18.3. The lowest BCUT2D eigenvalue weighted by atomic mass is 9.96. The van der Waals surface area contributed by atoms with Gasteiger partial charge in [-0.05, 0) is 5.56 Å². The molecule has 136 valence electrons. The lowest BCUT2D eigenvalue weighted by Gasteiger charge is -2.12. The summed E-state index contributed by atoms with van der Waals surface area (Å²) in [6.45, 7) is 3.38. The molecule has 2 amide bonds. The van der Waals surface area contributed by atoms with Gasteiger partial charge in [-0.15, -0.1) is 0 Å². The highest BCUT2D eigenvalue weighted by Crippen LogP contribution is 2.44. The van der Waals surface area contributed by atoms with Gasteiger partial charge in [-0.1, -0.05) is 37.3 Å². The lowest BCUT2D eigenvalue weighted by Crippen LogP contribution is -2.30. The van der Waals surface area contributed by atoms with Crippen molar-refractivity contribution in [2.75, 3.05) is 20.3 Å². The van der Waals surface area contributed by atoms with Crippen molar-refractivity contribution in [2.45, 2.75) is 18.9 Å². The molecule has 6 heteroatoms. The molecule has 1 saturated heterocycles. The summed E-state index contributed by atoms with van der Waals surface area (Å²) in [5, 5.41) is 5.62. The van der Waals surface area contributed by atoms with Crippen molar-refractivity contribution >= 4 is 11.8 Å². The summed E-state index contributed by atoms with van der Waals surface area (Å²) in [4.78, 5) is 24.9. The molecule has 1 aromatic carbocycles. The van der Waals surface area contributed by atoms with Crippen molar-refractivity contribution in [3.8, 4) is 0 Å². The first-order valence-corrected chi connectivity index (χ1v) is 8.89. The van der Waals surface area contributed by atoms with Crippen LogP contribution >= 0.6 is 0 Å². The number of amides is 2. The van der Waals surface area contributed by atoms with Gasteiger partial charge in [-0.2, -0.15) is 0 Å². The number of carbonyl (C=O) groups excluding carboxylic acids is 2. The molecule has 2 aromatic rings. The quantitative estimate of drug-likeness (QED) is 0.862. The minimum atomic E-state index is -0.345. The highest BCUT2D eigenvalue weighted by Gasteiger charge is 2.55. The number of ether oxygens (including phenoxy) is 1. The Morgan fingerprint density at radius 3 is 2.46 bits per heavy atom. The molecular formula is C20H22N2O4. The minimum absolute atomic E-state index is 0.141. The van der Waals surface area contributed by atoms with Gasteiger partial charge in [-0.3, -0.25) is 9.59 Å². The number of carbonyl (C=O) groups is 2. The molecule has 0 bridgehead atoms. The average Bonchev–Trinajstić information content (AvgIpc) is 3.07. The summed E-state index contributed by atoms with van der Waals surface area (Å²) in [6, 6.07) is 11.5. The van der Waals surface area contributed by atoms with Crippen LogP contribution in [0.2, 0.25) is 0 Å². The molecule has 1 aliphatic carbocycles. The summed E-state index contributed by atoms with van der Waals surface area (Å²) in [5.74, 6) is 0.809. The number of hydrogen-bond acceptors (Lipinski definition) is 4. The second-order valence-electron chi connectivity index (χ2n) is 6.96. The fraction of sp³-hybridized carbons (Fsp3) is 0.400. The number of furan rings is 1. The van der Waals surface area contributed by atoms with E-state index in [1.165, 1.54) is 13.1 Å². The van der Waals surface area contributed by atoms with Crippen LogP contribution in [-0.2, 0) is 4.74 Å². The second-order valence-corrected chi connectivity index (χ2v) is 6.96. The van der Waals surface area contributed by atoms with Crippen LogP contribution in [0.25, 0.3) is 0 Å². The number of hydrogen-bond donors (Lipinski definition) is 2. The Bertz CT molecular complexity index is 820. The maximum absolute atomic E-state index is 12.9. The Kier molecular flexibility index (Phi) is 4.28. The van der Waals surface area contributed by atoms with Crippen LogP contribution in [0.4, 0.5) is 0 Å². The highest BCUT2D eigenvalue weighted by atomic mass is 16.5. The van der Waals surface area contributed by atoms with E-state index >= 15 is 0 Å². The van der Waals surface area contributed by atoms with Gasteiger partial charge in [0.2, 0.25) is 0 Å². The molecule has 26 heavy (non-hydrogen) atoms. The van der Waals surface area contributed by atoms with Crippen LogP contribution in [0.5, 0.6) is 0 Å². The lowest BCUT2D eigenvalue weighted by molar-refractivity contribution is 0.0919. The third kappa shape index (κ3) is 2.90. The monoisotopic (exact) mass is 354 g/mol. The number of fused-ring (bicyclic) bond motifs is 1. The third-order valence-electron chi connectivity index (χ3n) is 5.40. The van der Waals surface area contributed by atoms with Crippen LogP contribution < -0.4 is 10.6 Å². The molecule has 0 spiro atoms. The van der Waals surface area contributed by atoms with Crippen molar-refractivity contribution < 1.29 is 18.7 Å². The van der Waals surface area contributed by atoms with Crippen molar-refractivity contribution in [1.82, 2.24) is 10.6 Å². The molecule has 4 atom stereocenters. The molecule has 2 fully saturated rings. The molecule has 1 aromatic heterocycles. The highest BCUT2D eigenvalue weighted by molar-refractivity contribution is 5.99. The molecule has 4 rings (SSSR count). The minimum Gasteiger partial charge on any atom is -0.454 e. The van der Waals surface area contributed by atoms with Gasteiger partial charge in [0.05, 0.1) is 18.8 Å². The molecule has 2 heterocycles. The Labute approximate surface area is 151 Å². The van der Waals surface area contributed by atoms with Gasteiger partial charge in [0.1, 0.15) is 5.76 Å². The van der Waals surface area contributed by atoms with Gasteiger partial charge in [0, 0.05) is 36.9 Å². The van der Waals surface area contributed by atoms with Crippen LogP contribution in [0.3, 0.4) is 0 Å². The van der Waals surface area contributed by atoms with E-state index in [4.69, 9.17) is 9.15 Å². The first-order valence-electron chi connectivity index (χ1n) is 8.89. The summed E-state index contributed by atoms with van der Waals surface area (Å²) in [5.41, 5.74) is 1.45. The first kappa shape index (κ1) is 16.8. The predicted molar refractivity (Wildman–Crippen MR) is 95.1 cm³/mol. The van der Waals surface area contributed by atoms with E-state index in [1.807, 2.05) is 37.3 Å². The smallest absolute Gasteiger partial charge is 0.286 e. The predicted octanol–water partition coefficient (Wildman–Crippen LogP) is 2.17. The Balaban J connectivity index is 1.62. The van der Waals surface area contributed by atoms with E-state index in [0.717, 1.165) is 5.56 Å². The zero-order valence-electron chi connectivity index (χ0n) is 14.8. The van der Waals surface area contributed by atoms with Crippen LogP contribution in [0.15, 0.2) is 40.8 Å². The van der Waals surface area contributed by atoms with Gasteiger partial charge in [0.25, 0.3) is 11.8 Å². The maximum Gasteiger partial charge on any atom is 0.286 e. The topological polar surface area (TPSA) is 80.6 Å². The van der Waals surface area contributed by atoms with Crippen molar-refractivity contribution in [2.24, 2.45) is 11.8 Å². The molecule has 1 unspecified atom stereocenters. The number of benzene rings is 1. The van der Waals surface area contributed by atoms with Gasteiger partial charge >= 0.3 is 0 Å². The van der Waals surface area contributed by atoms with E-state index < -0.39 is 0 Å². The summed E-state index contributed by atoms with van der Waals surface area (Å²) < 4.78 is 11.2. The average molecular weight is 354 g/mol. The fourth-order valence-electron chi connectivity index (χ4n) is 3.72. The molecule has 0 radical (unpaired) electrons. The van der Waals surface area contributed by atoms with Crippen LogP contribution in [-0.4, -0.2) is 38.1 Å². The Morgan fingerprint density at radius 1 is 1.12 bits per heavy atom. The van der Waals surface area contributed by atoms with Crippen LogP contribution in [0.1, 0.15) is 45.1 Å². The summed E-state index contributed by atoms with van der Waals surface area (Å²) in [7, 11) is 1.54. The normalized spacial score (nSPS) is 24.6. The Hall–Kier alpha value is -2.60. The van der Waals surface area contributed by atoms with Gasteiger partial charge < -0.3 is 19.8 Å². The van der Waals surface area contributed by atoms with Crippen molar-refractivity contribution in [3.63, 3.8) is 0 Å². The van der Waals surface area contributed by atoms with E-state index in [2.05, 4.69) is 10.6 Å². The molecule has 2 aliphatic rings. The fourth-order valence-corrected chi connectivity index (χ4v) is 3.72. The van der Waals surface area contributed by atoms with E-state index in [0.29, 0.717) is 36.4 Å². The second kappa shape index (κ2) is 6.61. The molecule has 1 saturated carbocycles. The third-order valence-corrected chi connectivity index (χ3v) is 5.40. The van der Waals surface area contributed by atoms with E-state index in [1.54, 1.807) is 0 Å². The summed E-state index contributed by atoms with van der Waals surface area (Å²) in [6.07, 6.45) is 0. The Morgan fingerprint density at radius 2 is 1.81 bits per heavy atom. The molecule has 6 nitrogen and oxygen atoms in total. The molecule has 2 N–H and O–H groups in total. The van der Waals surface area contributed by atoms with Crippen molar-refractivity contribution in [3.05, 3.63) is 59.0 Å². The maximum atomic E-state index is 12.9. The first-order chi connectivity index (χ1) is 12.6. The van der Waals surface area contributed by atoms with Gasteiger partial charge in [-0.25, -0.2) is 0 Å². The SMILES string of the molecule is CNC(=O)c1cc(C(=O)N[C@H]2[C@@H]3COC[C@@H]32)c(C(C)c2ccccc2)o1. The largest absolute Gasteiger partial charge is 0.454 e. The number of rotatable bonds is 5. The van der Waals surface area contributed by atoms with E-state index in [9.17, 15) is 9.59 Å². The molecule has 1 aliphatic heterocycles.